The van der Waals surface area contributed by atoms with Gasteiger partial charge >= 0.3 is 12.1 Å². The molecule has 1 saturated heterocycles. The van der Waals surface area contributed by atoms with Gasteiger partial charge in [0.2, 0.25) is 0 Å². The Bertz CT molecular complexity index is 1140. The van der Waals surface area contributed by atoms with E-state index in [1.165, 1.54) is 6.07 Å². The van der Waals surface area contributed by atoms with Crippen LogP contribution in [0.2, 0.25) is 0 Å². The Labute approximate surface area is 220 Å². The van der Waals surface area contributed by atoms with Crippen LogP contribution >= 0.6 is 0 Å². The van der Waals surface area contributed by atoms with Crippen LogP contribution in [-0.4, -0.2) is 60.9 Å². The van der Waals surface area contributed by atoms with Gasteiger partial charge in [0.15, 0.2) is 11.6 Å². The lowest BCUT2D eigenvalue weighted by atomic mass is 10.1. The summed E-state index contributed by atoms with van der Waals surface area (Å²) in [5.41, 5.74) is 5.39. The van der Waals surface area contributed by atoms with Gasteiger partial charge in [-0.1, -0.05) is 18.2 Å². The third-order valence-corrected chi connectivity index (χ3v) is 5.42. The molecule has 1 atom stereocenters. The van der Waals surface area contributed by atoms with Crippen molar-refractivity contribution in [3.8, 4) is 0 Å². The number of benzene rings is 2. The second-order valence-electron chi connectivity index (χ2n) is 9.82. The average Bonchev–Trinajstić information content (AvgIpc) is 2.86. The van der Waals surface area contributed by atoms with E-state index in [0.29, 0.717) is 37.4 Å². The van der Waals surface area contributed by atoms with Crippen LogP contribution in [0.3, 0.4) is 0 Å². The number of morpholine rings is 1. The second kappa shape index (κ2) is 13.2. The van der Waals surface area contributed by atoms with Crippen LogP contribution < -0.4 is 21.5 Å². The zero-order valence-electron chi connectivity index (χ0n) is 21.6. The predicted molar refractivity (Wildman–Crippen MR) is 135 cm³/mol. The molecule has 1 heterocycles. The first-order chi connectivity index (χ1) is 18.0. The lowest BCUT2D eigenvalue weighted by Crippen LogP contribution is -2.48. The van der Waals surface area contributed by atoms with E-state index in [1.807, 2.05) is 0 Å². The Hall–Kier alpha value is -3.77. The maximum atomic E-state index is 13.5. The van der Waals surface area contributed by atoms with E-state index in [1.54, 1.807) is 51.1 Å². The highest BCUT2D eigenvalue weighted by molar-refractivity contribution is 5.95. The van der Waals surface area contributed by atoms with E-state index < -0.39 is 35.3 Å². The molecule has 0 spiro atoms. The number of hydrogen-bond donors (Lipinski definition) is 4. The Morgan fingerprint density at radius 1 is 1.03 bits per heavy atom. The van der Waals surface area contributed by atoms with E-state index >= 15 is 0 Å². The SMILES string of the molecule is CC(C)(C)OC(=O)NNC(=O)c1cccc(CNC(=O)NC[C@H]2CN(Cc3ccc(F)c(F)c3)CCO2)c1. The molecular weight excluding hydrogens is 500 g/mol. The Balaban J connectivity index is 1.40. The first-order valence-corrected chi connectivity index (χ1v) is 12.2. The minimum Gasteiger partial charge on any atom is -0.443 e. The van der Waals surface area contributed by atoms with Gasteiger partial charge in [-0.3, -0.25) is 15.1 Å². The van der Waals surface area contributed by atoms with Crippen LogP contribution in [0, 0.1) is 11.6 Å². The predicted octanol–water partition coefficient (Wildman–Crippen LogP) is 2.83. The van der Waals surface area contributed by atoms with Crippen LogP contribution in [0.15, 0.2) is 42.5 Å². The quantitative estimate of drug-likeness (QED) is 0.406. The highest BCUT2D eigenvalue weighted by atomic mass is 19.2. The van der Waals surface area contributed by atoms with E-state index in [-0.39, 0.29) is 24.8 Å². The summed E-state index contributed by atoms with van der Waals surface area (Å²) in [5.74, 6) is -2.30. The van der Waals surface area contributed by atoms with Crippen molar-refractivity contribution in [3.63, 3.8) is 0 Å². The van der Waals surface area contributed by atoms with Crippen LogP contribution in [0.25, 0.3) is 0 Å². The van der Waals surface area contributed by atoms with Crippen LogP contribution in [0.1, 0.15) is 42.3 Å². The number of urea groups is 1. The van der Waals surface area contributed by atoms with Crippen molar-refractivity contribution in [2.24, 2.45) is 0 Å². The summed E-state index contributed by atoms with van der Waals surface area (Å²) >= 11 is 0. The number of hydrazine groups is 1. The number of amides is 4. The number of halogens is 2. The molecule has 0 aliphatic carbocycles. The van der Waals surface area contributed by atoms with Gasteiger partial charge in [0.25, 0.3) is 5.91 Å². The van der Waals surface area contributed by atoms with Crippen molar-refractivity contribution < 1.29 is 32.6 Å². The van der Waals surface area contributed by atoms with Crippen LogP contribution in [-0.2, 0) is 22.6 Å². The van der Waals surface area contributed by atoms with Gasteiger partial charge in [0.05, 0.1) is 12.7 Å². The third-order valence-electron chi connectivity index (χ3n) is 5.42. The minimum atomic E-state index is -0.881. The highest BCUT2D eigenvalue weighted by Crippen LogP contribution is 2.14. The molecule has 3 rings (SSSR count). The number of nitrogens with zero attached hydrogens (tertiary/aromatic N) is 1. The molecule has 2 aromatic carbocycles. The zero-order valence-corrected chi connectivity index (χ0v) is 21.6. The molecule has 1 aliphatic heterocycles. The Morgan fingerprint density at radius 2 is 1.82 bits per heavy atom. The standard InChI is InChI=1S/C26H33F2N5O5/c1-26(2,3)38-25(36)32-31-23(34)19-6-4-5-17(11-19)13-29-24(35)30-14-20-16-33(9-10-37-20)15-18-7-8-21(27)22(28)12-18/h4-8,11-12,20H,9-10,13-16H2,1-3H3,(H,31,34)(H,32,36)(H2,29,30,35)/t20-/m0/s1. The summed E-state index contributed by atoms with van der Waals surface area (Å²) in [6.07, 6.45) is -1.04. The van der Waals surface area contributed by atoms with E-state index in [9.17, 15) is 23.2 Å². The fourth-order valence-corrected chi connectivity index (χ4v) is 3.70. The number of rotatable bonds is 7. The summed E-state index contributed by atoms with van der Waals surface area (Å²) in [6, 6.07) is 10.00. The van der Waals surface area contributed by atoms with Gasteiger partial charge in [-0.2, -0.15) is 0 Å². The molecule has 0 unspecified atom stereocenters. The van der Waals surface area contributed by atoms with Gasteiger partial charge in [0, 0.05) is 38.3 Å². The first kappa shape index (κ1) is 28.8. The molecule has 10 nitrogen and oxygen atoms in total. The summed E-state index contributed by atoms with van der Waals surface area (Å²) in [5, 5.41) is 5.49. The van der Waals surface area contributed by atoms with Gasteiger partial charge in [-0.05, 0) is 56.2 Å². The second-order valence-corrected chi connectivity index (χ2v) is 9.82. The van der Waals surface area contributed by atoms with Gasteiger partial charge < -0.3 is 20.1 Å². The third kappa shape index (κ3) is 9.60. The number of carbonyl (C=O) groups is 3. The van der Waals surface area contributed by atoms with Crippen molar-refractivity contribution in [2.45, 2.75) is 45.6 Å². The van der Waals surface area contributed by atoms with Crippen molar-refractivity contribution in [1.29, 1.82) is 0 Å². The van der Waals surface area contributed by atoms with Crippen molar-refractivity contribution in [3.05, 3.63) is 70.8 Å². The molecule has 4 amide bonds. The maximum absolute atomic E-state index is 13.5. The van der Waals surface area contributed by atoms with Crippen LogP contribution in [0.5, 0.6) is 0 Å². The fourth-order valence-electron chi connectivity index (χ4n) is 3.70. The fraction of sp³-hybridized carbons (Fsp3) is 0.423. The van der Waals surface area contributed by atoms with Gasteiger partial charge in [0.1, 0.15) is 5.60 Å². The van der Waals surface area contributed by atoms with Gasteiger partial charge in [-0.15, -0.1) is 0 Å². The summed E-state index contributed by atoms with van der Waals surface area (Å²) in [7, 11) is 0. The first-order valence-electron chi connectivity index (χ1n) is 12.2. The van der Waals surface area contributed by atoms with Crippen LogP contribution in [0.4, 0.5) is 18.4 Å². The molecule has 206 valence electrons. The molecule has 0 saturated carbocycles. The molecule has 12 heteroatoms. The number of nitrogens with one attached hydrogen (secondary N) is 4. The van der Waals surface area contributed by atoms with E-state index in [2.05, 4.69) is 26.4 Å². The maximum Gasteiger partial charge on any atom is 0.426 e. The van der Waals surface area contributed by atoms with Gasteiger partial charge in [-0.25, -0.2) is 23.8 Å². The molecule has 1 fully saturated rings. The summed E-state index contributed by atoms with van der Waals surface area (Å²) < 4.78 is 37.4. The molecule has 0 aromatic heterocycles. The van der Waals surface area contributed by atoms with Crippen molar-refractivity contribution in [2.75, 3.05) is 26.2 Å². The summed E-state index contributed by atoms with van der Waals surface area (Å²) in [4.78, 5) is 38.4. The monoisotopic (exact) mass is 533 g/mol. The average molecular weight is 534 g/mol. The molecule has 1 aliphatic rings. The molecule has 38 heavy (non-hydrogen) atoms. The van der Waals surface area contributed by atoms with Crippen molar-refractivity contribution >= 4 is 18.0 Å². The molecule has 4 N–H and O–H groups in total. The lowest BCUT2D eigenvalue weighted by Gasteiger charge is -2.33. The largest absolute Gasteiger partial charge is 0.443 e. The topological polar surface area (TPSA) is 121 Å². The molecular formula is C26H33F2N5O5. The number of hydrogen-bond acceptors (Lipinski definition) is 6. The Kier molecular flexibility index (Phi) is 9.97. The van der Waals surface area contributed by atoms with Crippen molar-refractivity contribution in [1.82, 2.24) is 26.4 Å². The van der Waals surface area contributed by atoms with E-state index in [4.69, 9.17) is 9.47 Å². The number of ether oxygens (including phenoxy) is 2. The summed E-state index contributed by atoms with van der Waals surface area (Å²) in [6.45, 7) is 7.60. The smallest absolute Gasteiger partial charge is 0.426 e. The Morgan fingerprint density at radius 3 is 2.55 bits per heavy atom. The minimum absolute atomic E-state index is 0.167. The van der Waals surface area contributed by atoms with E-state index in [0.717, 1.165) is 6.07 Å². The number of carbonyl (C=O) groups excluding carboxylic acids is 3. The zero-order chi connectivity index (χ0) is 27.7. The molecule has 0 bridgehead atoms. The molecule has 2 aromatic rings. The highest BCUT2D eigenvalue weighted by Gasteiger charge is 2.21. The molecule has 0 radical (unpaired) electrons. The normalized spacial score (nSPS) is 15.9. The lowest BCUT2D eigenvalue weighted by molar-refractivity contribution is -0.0287.